The third-order valence-electron chi connectivity index (χ3n) is 5.27. The molecule has 0 fully saturated rings. The van der Waals surface area contributed by atoms with Crippen molar-refractivity contribution in [1.29, 1.82) is 0 Å². The van der Waals surface area contributed by atoms with Crippen LogP contribution in [0.3, 0.4) is 0 Å². The Morgan fingerprint density at radius 2 is 1.92 bits per heavy atom. The van der Waals surface area contributed by atoms with Crippen LogP contribution in [0.25, 0.3) is 0 Å². The topological polar surface area (TPSA) is 134 Å². The van der Waals surface area contributed by atoms with Gasteiger partial charge in [-0.1, -0.05) is 24.3 Å². The largest absolute Gasteiger partial charge is 0.507 e. The van der Waals surface area contributed by atoms with Gasteiger partial charge in [-0.2, -0.15) is 11.8 Å². The lowest BCUT2D eigenvalue weighted by molar-refractivity contribution is -0.144. The highest BCUT2D eigenvalue weighted by Crippen LogP contribution is 2.32. The minimum atomic E-state index is -1.26. The summed E-state index contributed by atoms with van der Waals surface area (Å²) in [6, 6.07) is 2.64. The smallest absolute Gasteiger partial charge is 0.408 e. The molecule has 11 heteroatoms. The molecule has 0 aliphatic heterocycles. The number of nitrogens with one attached hydrogen (secondary N) is 2. The van der Waals surface area contributed by atoms with Crippen LogP contribution >= 0.6 is 11.8 Å². The van der Waals surface area contributed by atoms with Gasteiger partial charge in [-0.25, -0.2) is 4.79 Å². The molecule has 10 nitrogen and oxygen atoms in total. The first-order chi connectivity index (χ1) is 17.9. The van der Waals surface area contributed by atoms with Gasteiger partial charge < -0.3 is 30.1 Å². The number of phenolic OH excluding ortho intramolecular Hbond substituents is 1. The van der Waals surface area contributed by atoms with Gasteiger partial charge in [0.15, 0.2) is 0 Å². The number of para-hydroxylation sites is 1. The van der Waals surface area contributed by atoms with Crippen molar-refractivity contribution in [1.82, 2.24) is 15.5 Å². The van der Waals surface area contributed by atoms with Crippen LogP contribution < -0.4 is 10.6 Å². The minimum absolute atomic E-state index is 0.0249. The van der Waals surface area contributed by atoms with Crippen LogP contribution in [0.4, 0.5) is 4.79 Å². The molecule has 1 aromatic carbocycles. The fourth-order valence-corrected chi connectivity index (χ4v) is 4.05. The summed E-state index contributed by atoms with van der Waals surface area (Å²) in [6.45, 7) is 12.4. The Morgan fingerprint density at radius 3 is 2.50 bits per heavy atom. The summed E-state index contributed by atoms with van der Waals surface area (Å²) in [4.78, 5) is 52.9. The Balaban J connectivity index is 3.42. The van der Waals surface area contributed by atoms with E-state index in [1.807, 2.05) is 6.26 Å². The average Bonchev–Trinajstić information content (AvgIpc) is 2.82. The number of thioether (sulfide) groups is 1. The van der Waals surface area contributed by atoms with Gasteiger partial charge in [0.05, 0.1) is 13.0 Å². The molecule has 0 saturated carbocycles. The van der Waals surface area contributed by atoms with E-state index < -0.39 is 41.6 Å². The number of amides is 3. The van der Waals surface area contributed by atoms with Crippen LogP contribution in [-0.2, 0) is 23.9 Å². The summed E-state index contributed by atoms with van der Waals surface area (Å²) in [6.07, 6.45) is 2.80. The van der Waals surface area contributed by atoms with Gasteiger partial charge in [-0.05, 0) is 58.6 Å². The van der Waals surface area contributed by atoms with E-state index in [2.05, 4.69) is 17.2 Å². The maximum atomic E-state index is 13.9. The Labute approximate surface area is 229 Å². The zero-order chi connectivity index (χ0) is 28.9. The second-order valence-electron chi connectivity index (χ2n) is 9.52. The summed E-state index contributed by atoms with van der Waals surface area (Å²) in [5.74, 6) is -1.20. The number of carbonyl (C=O) groups excluding carboxylic acids is 4. The fraction of sp³-hybridized carbons (Fsp3) is 0.556. The van der Waals surface area contributed by atoms with E-state index in [1.54, 1.807) is 52.8 Å². The van der Waals surface area contributed by atoms with E-state index in [-0.39, 0.29) is 43.9 Å². The molecule has 0 heterocycles. The van der Waals surface area contributed by atoms with Gasteiger partial charge in [-0.15, -0.1) is 6.58 Å². The van der Waals surface area contributed by atoms with Crippen molar-refractivity contribution in [2.24, 2.45) is 0 Å². The number of rotatable bonds is 14. The summed E-state index contributed by atoms with van der Waals surface area (Å²) in [5, 5.41) is 16.1. The van der Waals surface area contributed by atoms with Crippen LogP contribution in [0, 0.1) is 6.92 Å². The van der Waals surface area contributed by atoms with Crippen molar-refractivity contribution in [3.63, 3.8) is 0 Å². The second kappa shape index (κ2) is 15.9. The summed E-state index contributed by atoms with van der Waals surface area (Å²) in [7, 11) is 0. The molecule has 0 aliphatic carbocycles. The number of phenols is 1. The molecule has 2 atom stereocenters. The first-order valence-electron chi connectivity index (χ1n) is 12.5. The van der Waals surface area contributed by atoms with E-state index >= 15 is 0 Å². The monoisotopic (exact) mass is 551 g/mol. The van der Waals surface area contributed by atoms with Crippen molar-refractivity contribution in [3.8, 4) is 5.75 Å². The van der Waals surface area contributed by atoms with Crippen LogP contribution in [0.2, 0.25) is 0 Å². The molecule has 0 radical (unpaired) electrons. The molecule has 3 amide bonds. The molecule has 3 N–H and O–H groups in total. The maximum absolute atomic E-state index is 13.9. The average molecular weight is 552 g/mol. The number of alkyl carbamates (subject to hydrolysis) is 1. The summed E-state index contributed by atoms with van der Waals surface area (Å²) < 4.78 is 10.3. The molecule has 38 heavy (non-hydrogen) atoms. The van der Waals surface area contributed by atoms with E-state index in [4.69, 9.17) is 9.47 Å². The van der Waals surface area contributed by atoms with Crippen molar-refractivity contribution >= 4 is 35.6 Å². The molecule has 212 valence electrons. The first kappa shape index (κ1) is 32.8. The molecule has 1 rings (SSSR count). The zero-order valence-electron chi connectivity index (χ0n) is 23.2. The zero-order valence-corrected chi connectivity index (χ0v) is 24.0. The van der Waals surface area contributed by atoms with Gasteiger partial charge in [0, 0.05) is 18.7 Å². The first-order valence-corrected chi connectivity index (χ1v) is 13.9. The molecule has 0 aliphatic rings. The van der Waals surface area contributed by atoms with Crippen molar-refractivity contribution in [2.75, 3.05) is 31.7 Å². The lowest BCUT2D eigenvalue weighted by Crippen LogP contribution is -2.53. The lowest BCUT2D eigenvalue weighted by atomic mass is 9.99. The third kappa shape index (κ3) is 10.6. The fourth-order valence-electron chi connectivity index (χ4n) is 3.58. The number of ether oxygens (including phenoxy) is 2. The molecule has 0 bridgehead atoms. The van der Waals surface area contributed by atoms with Crippen molar-refractivity contribution in [3.05, 3.63) is 42.0 Å². The number of hydrogen-bond donors (Lipinski definition) is 3. The van der Waals surface area contributed by atoms with Crippen LogP contribution in [0.5, 0.6) is 5.75 Å². The van der Waals surface area contributed by atoms with E-state index in [0.717, 1.165) is 0 Å². The normalized spacial score (nSPS) is 12.6. The Hall–Kier alpha value is -3.21. The lowest BCUT2D eigenvalue weighted by Gasteiger charge is -2.34. The molecule has 0 spiro atoms. The Morgan fingerprint density at radius 1 is 1.24 bits per heavy atom. The van der Waals surface area contributed by atoms with Gasteiger partial charge in [-0.3, -0.25) is 14.4 Å². The van der Waals surface area contributed by atoms with Crippen molar-refractivity contribution in [2.45, 2.75) is 65.1 Å². The standard InChI is InChI=1S/C27H41N3O7S/c1-8-16-30(25(34)20(14-17-38-7)29-26(35)37-27(4,5)6)22(19-12-10-11-18(3)23(19)32)24(33)28-15-13-21(31)36-9-2/h8,10-12,20,22,32H,1,9,13-17H2,2-7H3,(H,28,33)(H,29,35). The van der Waals surface area contributed by atoms with Gasteiger partial charge in [0.25, 0.3) is 0 Å². The molecular formula is C27H41N3O7S. The number of esters is 1. The predicted octanol–water partition coefficient (Wildman–Crippen LogP) is 3.47. The number of nitrogens with zero attached hydrogens (tertiary/aromatic N) is 1. The Kier molecular flexibility index (Phi) is 13.7. The number of hydrogen-bond acceptors (Lipinski definition) is 8. The van der Waals surface area contributed by atoms with Crippen LogP contribution in [-0.4, -0.2) is 77.2 Å². The highest BCUT2D eigenvalue weighted by molar-refractivity contribution is 7.98. The highest BCUT2D eigenvalue weighted by atomic mass is 32.2. The molecule has 0 aromatic heterocycles. The van der Waals surface area contributed by atoms with E-state index in [0.29, 0.717) is 11.3 Å². The Bertz CT molecular complexity index is 978. The maximum Gasteiger partial charge on any atom is 0.408 e. The molecule has 0 saturated heterocycles. The second-order valence-corrected chi connectivity index (χ2v) is 10.5. The highest BCUT2D eigenvalue weighted by Gasteiger charge is 2.37. The van der Waals surface area contributed by atoms with Crippen molar-refractivity contribution < 1.29 is 33.8 Å². The molecular weight excluding hydrogens is 510 g/mol. The predicted molar refractivity (Wildman–Crippen MR) is 148 cm³/mol. The number of aromatic hydroxyl groups is 1. The van der Waals surface area contributed by atoms with E-state index in [9.17, 15) is 24.3 Å². The number of aryl methyl sites for hydroxylation is 1. The van der Waals surface area contributed by atoms with Gasteiger partial charge in [0.1, 0.15) is 23.4 Å². The number of carbonyl (C=O) groups is 4. The van der Waals surface area contributed by atoms with E-state index in [1.165, 1.54) is 22.7 Å². The van der Waals surface area contributed by atoms with Gasteiger partial charge in [0.2, 0.25) is 11.8 Å². The van der Waals surface area contributed by atoms with Crippen LogP contribution in [0.1, 0.15) is 57.7 Å². The van der Waals surface area contributed by atoms with Gasteiger partial charge >= 0.3 is 12.1 Å². The quantitative estimate of drug-likeness (QED) is 0.236. The summed E-state index contributed by atoms with van der Waals surface area (Å²) in [5.41, 5.74) is -0.0504. The summed E-state index contributed by atoms with van der Waals surface area (Å²) >= 11 is 1.50. The minimum Gasteiger partial charge on any atom is -0.507 e. The SMILES string of the molecule is C=CCN(C(=O)C(CCSC)NC(=O)OC(C)(C)C)C(C(=O)NCCC(=O)OCC)c1cccc(C)c1O. The van der Waals surface area contributed by atoms with Crippen LogP contribution in [0.15, 0.2) is 30.9 Å². The number of benzene rings is 1. The molecule has 2 unspecified atom stereocenters. The third-order valence-corrected chi connectivity index (χ3v) is 5.91. The molecule has 1 aromatic rings.